The second-order valence-electron chi connectivity index (χ2n) is 8.22. The number of esters is 1. The molecule has 0 aliphatic carbocycles. The lowest BCUT2D eigenvalue weighted by molar-refractivity contribution is -0.145. The van der Waals surface area contributed by atoms with Gasteiger partial charge < -0.3 is 32.1 Å². The quantitative estimate of drug-likeness (QED) is 0.114. The van der Waals surface area contributed by atoms with E-state index >= 15 is 0 Å². The maximum absolute atomic E-state index is 12.1. The Morgan fingerprint density at radius 3 is 1.52 bits per heavy atom. The predicted octanol–water partition coefficient (Wildman–Crippen LogP) is 4.33. The van der Waals surface area contributed by atoms with Crippen LogP contribution in [-0.2, 0) is 32.0 Å². The molecule has 0 spiro atoms. The van der Waals surface area contributed by atoms with Crippen molar-refractivity contribution in [3.63, 3.8) is 0 Å². The van der Waals surface area contributed by atoms with Crippen LogP contribution in [0, 0.1) is 0 Å². The molecule has 0 rings (SSSR count). The lowest BCUT2D eigenvalue weighted by Crippen LogP contribution is -2.41. The zero-order chi connectivity index (χ0) is 25.0. The molecule has 0 aliphatic heterocycles. The molecule has 10 heteroatoms. The van der Waals surface area contributed by atoms with Gasteiger partial charge in [-0.2, -0.15) is 0 Å². The molecule has 0 unspecified atom stereocenters. The molecule has 0 amide bonds. The highest BCUT2D eigenvalue weighted by Gasteiger charge is 2.31. The molecule has 0 aromatic carbocycles. The summed E-state index contributed by atoms with van der Waals surface area (Å²) in [6.45, 7) is 20.9. The smallest absolute Gasteiger partial charge is 0.334 e. The lowest BCUT2D eigenvalue weighted by Gasteiger charge is -2.29. The predicted molar refractivity (Wildman–Crippen MR) is 137 cm³/mol. The maximum Gasteiger partial charge on any atom is 0.334 e. The molecule has 0 N–H and O–H groups in total. The van der Waals surface area contributed by atoms with Crippen LogP contribution < -0.4 is 0 Å². The molecule has 0 saturated heterocycles. The van der Waals surface area contributed by atoms with E-state index in [2.05, 4.69) is 18.0 Å². The van der Waals surface area contributed by atoms with Crippen LogP contribution in [0.25, 0.3) is 0 Å². The second-order valence-corrected chi connectivity index (χ2v) is 14.9. The lowest BCUT2D eigenvalue weighted by atomic mass is 10.3. The van der Waals surface area contributed by atoms with Gasteiger partial charge in [-0.1, -0.05) is 0 Å². The summed E-state index contributed by atoms with van der Waals surface area (Å²) in [5.41, 5.74) is 0. The van der Waals surface area contributed by atoms with E-state index in [1.165, 1.54) is 0 Å². The molecule has 33 heavy (non-hydrogen) atoms. The molecular weight excluding hydrogens is 458 g/mol. The summed E-state index contributed by atoms with van der Waals surface area (Å²) < 4.78 is 34.4. The molecular formula is C23H51NO7Si2. The number of rotatable bonds is 23. The molecule has 0 aliphatic rings. The number of carbonyl (C=O) groups excluding carboxylic acids is 1. The highest BCUT2D eigenvalue weighted by atomic mass is 28.4. The summed E-state index contributed by atoms with van der Waals surface area (Å²) in [5.74, 6) is -0.176. The summed E-state index contributed by atoms with van der Waals surface area (Å²) >= 11 is 0. The van der Waals surface area contributed by atoms with E-state index < -0.39 is 17.1 Å². The van der Waals surface area contributed by atoms with Gasteiger partial charge in [0.05, 0.1) is 13.0 Å². The fraction of sp³-hybridized carbons (Fsp3) is 0.957. The van der Waals surface area contributed by atoms with Crippen molar-refractivity contribution < 1.29 is 32.0 Å². The van der Waals surface area contributed by atoms with Crippen molar-refractivity contribution in [3.8, 4) is 0 Å². The van der Waals surface area contributed by atoms with Gasteiger partial charge in [0, 0.05) is 39.6 Å². The standard InChI is InChI=1S/C23H51NO7Si2/c1-8-26-19-20-27-23(25)15-18-24(16-13-21-32(6,28-9-2)29-10-3)17-14-22-33(7,30-11-4)31-12-5/h8-22H2,1-7H3. The SMILES string of the molecule is CCOCCOC(=O)CCN(CCC[Si](C)(OCC)OCC)CCC[Si](C)(OCC)OCC. The first-order valence-electron chi connectivity index (χ1n) is 12.8. The monoisotopic (exact) mass is 509 g/mol. The third-order valence-electron chi connectivity index (χ3n) is 5.34. The van der Waals surface area contributed by atoms with E-state index in [-0.39, 0.29) is 5.97 Å². The number of nitrogens with zero attached hydrogens (tertiary/aromatic N) is 1. The Labute approximate surface area is 205 Å². The molecule has 0 bridgehead atoms. The van der Waals surface area contributed by atoms with Gasteiger partial charge in [0.2, 0.25) is 0 Å². The zero-order valence-electron chi connectivity index (χ0n) is 22.4. The topological polar surface area (TPSA) is 75.7 Å². The Bertz CT molecular complexity index is 446. The normalized spacial score (nSPS) is 12.5. The van der Waals surface area contributed by atoms with Crippen molar-refractivity contribution in [2.45, 2.75) is 79.1 Å². The summed E-state index contributed by atoms with van der Waals surface area (Å²) in [7, 11) is -4.27. The Kier molecular flexibility index (Phi) is 19.7. The molecule has 198 valence electrons. The molecule has 0 atom stereocenters. The van der Waals surface area contributed by atoms with Gasteiger partial charge in [-0.25, -0.2) is 0 Å². The van der Waals surface area contributed by atoms with E-state index in [0.29, 0.717) is 59.2 Å². The van der Waals surface area contributed by atoms with Crippen LogP contribution in [0.5, 0.6) is 0 Å². The first kappa shape index (κ1) is 32.7. The minimum absolute atomic E-state index is 0.176. The zero-order valence-corrected chi connectivity index (χ0v) is 24.4. The highest BCUT2D eigenvalue weighted by Crippen LogP contribution is 2.19. The molecule has 0 aromatic rings. The fourth-order valence-corrected chi connectivity index (χ4v) is 8.64. The third kappa shape index (κ3) is 16.9. The van der Waals surface area contributed by atoms with Crippen LogP contribution in [0.1, 0.15) is 53.9 Å². The van der Waals surface area contributed by atoms with Gasteiger partial charge in [-0.05, 0) is 85.7 Å². The number of ether oxygens (including phenoxy) is 2. The van der Waals surface area contributed by atoms with Gasteiger partial charge in [-0.15, -0.1) is 0 Å². The van der Waals surface area contributed by atoms with E-state index in [0.717, 1.165) is 38.0 Å². The van der Waals surface area contributed by atoms with Gasteiger partial charge in [0.15, 0.2) is 0 Å². The maximum atomic E-state index is 12.1. The van der Waals surface area contributed by atoms with E-state index in [1.54, 1.807) is 0 Å². The highest BCUT2D eigenvalue weighted by molar-refractivity contribution is 6.66. The Hall–Kier alpha value is -0.336. The van der Waals surface area contributed by atoms with Crippen molar-refractivity contribution in [2.75, 3.05) is 65.9 Å². The van der Waals surface area contributed by atoms with Crippen LogP contribution in [0.15, 0.2) is 0 Å². The van der Waals surface area contributed by atoms with Gasteiger partial charge in [0.25, 0.3) is 0 Å². The summed E-state index contributed by atoms with van der Waals surface area (Å²) in [6, 6.07) is 1.88. The molecule has 0 saturated carbocycles. The molecule has 0 radical (unpaired) electrons. The Morgan fingerprint density at radius 1 is 0.667 bits per heavy atom. The molecule has 8 nitrogen and oxygen atoms in total. The fourth-order valence-electron chi connectivity index (χ4n) is 3.86. The first-order valence-corrected chi connectivity index (χ1v) is 17.8. The second kappa shape index (κ2) is 19.9. The van der Waals surface area contributed by atoms with Crippen molar-refractivity contribution >= 4 is 23.1 Å². The molecule has 0 fully saturated rings. The van der Waals surface area contributed by atoms with Crippen LogP contribution in [0.4, 0.5) is 0 Å². The van der Waals surface area contributed by atoms with Crippen molar-refractivity contribution in [2.24, 2.45) is 0 Å². The van der Waals surface area contributed by atoms with Crippen LogP contribution in [-0.4, -0.2) is 93.9 Å². The molecule has 0 heterocycles. The summed E-state index contributed by atoms with van der Waals surface area (Å²) in [5, 5.41) is 0. The Balaban J connectivity index is 4.78. The summed E-state index contributed by atoms with van der Waals surface area (Å²) in [6.07, 6.45) is 2.34. The van der Waals surface area contributed by atoms with Crippen molar-refractivity contribution in [1.29, 1.82) is 0 Å². The van der Waals surface area contributed by atoms with E-state index in [9.17, 15) is 4.79 Å². The Morgan fingerprint density at radius 2 is 1.12 bits per heavy atom. The average Bonchev–Trinajstić information content (AvgIpc) is 2.75. The van der Waals surface area contributed by atoms with Crippen LogP contribution >= 0.6 is 0 Å². The third-order valence-corrected chi connectivity index (χ3v) is 11.5. The van der Waals surface area contributed by atoms with Gasteiger partial charge in [-0.3, -0.25) is 4.79 Å². The number of carbonyl (C=O) groups is 1. The van der Waals surface area contributed by atoms with E-state index in [1.807, 2.05) is 34.6 Å². The van der Waals surface area contributed by atoms with E-state index in [4.69, 9.17) is 27.2 Å². The van der Waals surface area contributed by atoms with Crippen LogP contribution in [0.2, 0.25) is 25.2 Å². The minimum Gasteiger partial charge on any atom is -0.463 e. The average molecular weight is 510 g/mol. The largest absolute Gasteiger partial charge is 0.463 e. The number of hydrogen-bond acceptors (Lipinski definition) is 8. The van der Waals surface area contributed by atoms with Crippen molar-refractivity contribution in [3.05, 3.63) is 0 Å². The number of hydrogen-bond donors (Lipinski definition) is 0. The van der Waals surface area contributed by atoms with Gasteiger partial charge in [0.1, 0.15) is 6.61 Å². The first-order chi connectivity index (χ1) is 15.8. The van der Waals surface area contributed by atoms with Crippen molar-refractivity contribution in [1.82, 2.24) is 4.90 Å². The minimum atomic E-state index is -2.13. The molecule has 0 aromatic heterocycles. The summed E-state index contributed by atoms with van der Waals surface area (Å²) in [4.78, 5) is 14.5. The van der Waals surface area contributed by atoms with Crippen LogP contribution in [0.3, 0.4) is 0 Å². The van der Waals surface area contributed by atoms with Gasteiger partial charge >= 0.3 is 23.1 Å².